The van der Waals surface area contributed by atoms with Crippen LogP contribution in [0.1, 0.15) is 30.1 Å². The fourth-order valence-corrected chi connectivity index (χ4v) is 3.23. The van der Waals surface area contributed by atoms with E-state index in [4.69, 9.17) is 4.74 Å². The lowest BCUT2D eigenvalue weighted by Gasteiger charge is -2.22. The molecule has 0 aromatic heterocycles. The summed E-state index contributed by atoms with van der Waals surface area (Å²) in [5.41, 5.74) is 0.380. The highest BCUT2D eigenvalue weighted by atomic mass is 32.2. The fourth-order valence-electron chi connectivity index (χ4n) is 2.55. The molecule has 1 amide bonds. The Morgan fingerprint density at radius 2 is 1.92 bits per heavy atom. The molecule has 1 heterocycles. The van der Waals surface area contributed by atoms with Crippen molar-refractivity contribution < 1.29 is 22.7 Å². The quantitative estimate of drug-likeness (QED) is 0.771. The van der Waals surface area contributed by atoms with Crippen molar-refractivity contribution >= 4 is 27.4 Å². The highest BCUT2D eigenvalue weighted by Crippen LogP contribution is 2.22. The van der Waals surface area contributed by atoms with Gasteiger partial charge in [-0.2, -0.15) is 0 Å². The van der Waals surface area contributed by atoms with Gasteiger partial charge in [-0.25, -0.2) is 13.2 Å². The number of hydrogen-bond acceptors (Lipinski definition) is 6. The van der Waals surface area contributed by atoms with Crippen LogP contribution in [0.3, 0.4) is 0 Å². The zero-order valence-electron chi connectivity index (χ0n) is 13.8. The van der Waals surface area contributed by atoms with E-state index in [0.717, 1.165) is 32.2 Å². The number of sulfone groups is 1. The van der Waals surface area contributed by atoms with Crippen molar-refractivity contribution in [2.45, 2.75) is 24.7 Å². The first-order chi connectivity index (χ1) is 11.3. The molecule has 2 rings (SSSR count). The van der Waals surface area contributed by atoms with Gasteiger partial charge < -0.3 is 15.4 Å². The number of nitrogens with one attached hydrogen (secondary N) is 2. The molecule has 0 atom stereocenters. The summed E-state index contributed by atoms with van der Waals surface area (Å²) in [7, 11) is -3.53. The molecule has 1 saturated heterocycles. The molecule has 1 aliphatic heterocycles. The number of esters is 1. The van der Waals surface area contributed by atoms with Gasteiger partial charge in [-0.1, -0.05) is 0 Å². The molecule has 1 fully saturated rings. The van der Waals surface area contributed by atoms with Gasteiger partial charge in [0.25, 0.3) is 0 Å². The lowest BCUT2D eigenvalue weighted by molar-refractivity contribution is -0.120. The maximum Gasteiger partial charge on any atom is 0.338 e. The minimum absolute atomic E-state index is 0.0336. The normalized spacial score (nSPS) is 15.8. The van der Waals surface area contributed by atoms with E-state index in [1.54, 1.807) is 6.92 Å². The summed E-state index contributed by atoms with van der Waals surface area (Å²) in [6.45, 7) is 3.39. The van der Waals surface area contributed by atoms with Gasteiger partial charge in [-0.3, -0.25) is 4.79 Å². The minimum Gasteiger partial charge on any atom is -0.462 e. The molecular formula is C16H22N2O5S. The zero-order valence-corrected chi connectivity index (χ0v) is 14.6. The first kappa shape index (κ1) is 18.4. The van der Waals surface area contributed by atoms with E-state index in [0.29, 0.717) is 0 Å². The number of rotatable bonds is 5. The average molecular weight is 354 g/mol. The molecule has 0 unspecified atom stereocenters. The van der Waals surface area contributed by atoms with Gasteiger partial charge in [-0.15, -0.1) is 0 Å². The van der Waals surface area contributed by atoms with Crippen LogP contribution in [0.15, 0.2) is 23.1 Å². The Bertz CT molecular complexity index is 724. The molecule has 2 N–H and O–H groups in total. The predicted molar refractivity (Wildman–Crippen MR) is 89.7 cm³/mol. The van der Waals surface area contributed by atoms with Gasteiger partial charge >= 0.3 is 5.97 Å². The third-order valence-corrected chi connectivity index (χ3v) is 4.92. The molecule has 132 valence electrons. The molecule has 7 nitrogen and oxygen atoms in total. The molecule has 1 aromatic rings. The number of benzene rings is 1. The van der Waals surface area contributed by atoms with Crippen LogP contribution in [0.5, 0.6) is 0 Å². The second-order valence-corrected chi connectivity index (χ2v) is 7.77. The third kappa shape index (κ3) is 4.78. The summed E-state index contributed by atoms with van der Waals surface area (Å²) in [4.78, 5) is 24.2. The number of amides is 1. The summed E-state index contributed by atoms with van der Waals surface area (Å²) in [6.07, 6.45) is 2.50. The molecule has 0 aliphatic carbocycles. The molecule has 0 bridgehead atoms. The number of carbonyl (C=O) groups is 2. The summed E-state index contributed by atoms with van der Waals surface area (Å²) in [5, 5.41) is 5.90. The van der Waals surface area contributed by atoms with Crippen LogP contribution in [-0.4, -0.2) is 46.2 Å². The van der Waals surface area contributed by atoms with Crippen molar-refractivity contribution in [3.8, 4) is 0 Å². The van der Waals surface area contributed by atoms with Gasteiger partial charge in [0.15, 0.2) is 9.84 Å². The molecule has 1 aliphatic rings. The van der Waals surface area contributed by atoms with E-state index in [1.165, 1.54) is 18.2 Å². The summed E-state index contributed by atoms with van der Waals surface area (Å²) >= 11 is 0. The maximum absolute atomic E-state index is 12.3. The summed E-state index contributed by atoms with van der Waals surface area (Å²) < 4.78 is 28.6. The Kier molecular flexibility index (Phi) is 5.95. The Morgan fingerprint density at radius 1 is 1.25 bits per heavy atom. The van der Waals surface area contributed by atoms with Gasteiger partial charge in [0.05, 0.1) is 17.1 Å². The monoisotopic (exact) mass is 354 g/mol. The van der Waals surface area contributed by atoms with E-state index in [-0.39, 0.29) is 34.6 Å². The molecule has 0 radical (unpaired) electrons. The van der Waals surface area contributed by atoms with E-state index in [1.807, 2.05) is 0 Å². The van der Waals surface area contributed by atoms with Gasteiger partial charge in [0.1, 0.15) is 0 Å². The van der Waals surface area contributed by atoms with Crippen LogP contribution in [0.4, 0.5) is 5.69 Å². The Balaban J connectivity index is 2.28. The maximum atomic E-state index is 12.3. The molecule has 1 aromatic carbocycles. The van der Waals surface area contributed by atoms with Crippen molar-refractivity contribution in [2.75, 3.05) is 31.3 Å². The van der Waals surface area contributed by atoms with E-state index < -0.39 is 15.8 Å². The summed E-state index contributed by atoms with van der Waals surface area (Å²) in [6, 6.07) is 4.05. The number of carbonyl (C=O) groups excluding carboxylic acids is 2. The second kappa shape index (κ2) is 7.76. The first-order valence-electron chi connectivity index (χ1n) is 7.85. The van der Waals surface area contributed by atoms with Crippen LogP contribution in [-0.2, 0) is 19.4 Å². The number of ether oxygens (including phenoxy) is 1. The van der Waals surface area contributed by atoms with Crippen molar-refractivity contribution in [3.63, 3.8) is 0 Å². The average Bonchev–Trinajstić information content (AvgIpc) is 2.54. The topological polar surface area (TPSA) is 102 Å². The SMILES string of the molecule is CCOC(=O)c1cc(NC(=O)C2CCNCC2)cc(S(C)(=O)=O)c1. The highest BCUT2D eigenvalue weighted by Gasteiger charge is 2.22. The van der Waals surface area contributed by atoms with Gasteiger partial charge in [0.2, 0.25) is 5.91 Å². The van der Waals surface area contributed by atoms with Crippen LogP contribution in [0.25, 0.3) is 0 Å². The Morgan fingerprint density at radius 3 is 2.50 bits per heavy atom. The second-order valence-electron chi connectivity index (χ2n) is 5.75. The van der Waals surface area contributed by atoms with Crippen LogP contribution in [0, 0.1) is 5.92 Å². The van der Waals surface area contributed by atoms with Crippen molar-refractivity contribution in [1.82, 2.24) is 5.32 Å². The Hall–Kier alpha value is -1.93. The van der Waals surface area contributed by atoms with E-state index in [2.05, 4.69) is 10.6 Å². The molecule has 8 heteroatoms. The summed E-state index contributed by atoms with van der Waals surface area (Å²) in [5.74, 6) is -0.920. The van der Waals surface area contributed by atoms with E-state index >= 15 is 0 Å². The van der Waals surface area contributed by atoms with Crippen LogP contribution >= 0.6 is 0 Å². The van der Waals surface area contributed by atoms with Gasteiger partial charge in [0, 0.05) is 17.9 Å². The van der Waals surface area contributed by atoms with Crippen LogP contribution < -0.4 is 10.6 Å². The van der Waals surface area contributed by atoms with Crippen molar-refractivity contribution in [2.24, 2.45) is 5.92 Å². The predicted octanol–water partition coefficient (Wildman–Crippen LogP) is 1.20. The number of hydrogen-bond donors (Lipinski definition) is 2. The largest absolute Gasteiger partial charge is 0.462 e. The molecule has 24 heavy (non-hydrogen) atoms. The fraction of sp³-hybridized carbons (Fsp3) is 0.500. The van der Waals surface area contributed by atoms with Crippen molar-refractivity contribution in [3.05, 3.63) is 23.8 Å². The minimum atomic E-state index is -3.53. The van der Waals surface area contributed by atoms with Crippen molar-refractivity contribution in [1.29, 1.82) is 0 Å². The van der Waals surface area contributed by atoms with Gasteiger partial charge in [-0.05, 0) is 51.1 Å². The smallest absolute Gasteiger partial charge is 0.338 e. The molecule has 0 saturated carbocycles. The molecule has 0 spiro atoms. The standard InChI is InChI=1S/C16H22N2O5S/c1-3-23-16(20)12-8-13(10-14(9-12)24(2,21)22)18-15(19)11-4-6-17-7-5-11/h8-11,17H,3-7H2,1-2H3,(H,18,19). The molecular weight excluding hydrogens is 332 g/mol. The van der Waals surface area contributed by atoms with E-state index in [9.17, 15) is 18.0 Å². The highest BCUT2D eigenvalue weighted by molar-refractivity contribution is 7.90. The first-order valence-corrected chi connectivity index (χ1v) is 9.74. The number of piperidine rings is 1. The number of anilines is 1. The third-order valence-electron chi connectivity index (χ3n) is 3.82. The lowest BCUT2D eigenvalue weighted by Crippen LogP contribution is -2.34. The lowest BCUT2D eigenvalue weighted by atomic mass is 9.97. The van der Waals surface area contributed by atoms with Crippen LogP contribution in [0.2, 0.25) is 0 Å². The Labute approximate surface area is 141 Å². The zero-order chi connectivity index (χ0) is 17.7.